The predicted molar refractivity (Wildman–Crippen MR) is 55.2 cm³/mol. The third-order valence-electron chi connectivity index (χ3n) is 2.41. The van der Waals surface area contributed by atoms with Crippen molar-refractivity contribution in [3.05, 3.63) is 17.8 Å². The average molecular weight is 221 g/mol. The van der Waals surface area contributed by atoms with Crippen LogP contribution < -0.4 is 4.90 Å². The van der Waals surface area contributed by atoms with Gasteiger partial charge in [0, 0.05) is 13.0 Å². The summed E-state index contributed by atoms with van der Waals surface area (Å²) in [5.41, 5.74) is 0.0112. The zero-order chi connectivity index (χ0) is 11.7. The number of carbonyl (C=O) groups is 2. The van der Waals surface area contributed by atoms with Crippen molar-refractivity contribution in [2.75, 3.05) is 4.90 Å². The quantitative estimate of drug-likeness (QED) is 0.811. The third-order valence-corrected chi connectivity index (χ3v) is 2.41. The van der Waals surface area contributed by atoms with E-state index in [1.165, 1.54) is 24.1 Å². The van der Waals surface area contributed by atoms with Crippen molar-refractivity contribution in [3.8, 4) is 0 Å². The maximum Gasteiger partial charge on any atom is 0.339 e. The minimum Gasteiger partial charge on any atom is -0.478 e. The molecule has 16 heavy (non-hydrogen) atoms. The molecule has 1 heterocycles. The Kier molecular flexibility index (Phi) is 2.55. The molecule has 0 saturated heterocycles. The fraction of sp³-hybridized carbons (Fsp3) is 0.400. The Morgan fingerprint density at radius 2 is 2.19 bits per heavy atom. The number of hydrogen-bond acceptors (Lipinski definition) is 4. The second-order valence-electron chi connectivity index (χ2n) is 3.69. The van der Waals surface area contributed by atoms with Gasteiger partial charge in [0.05, 0.1) is 6.20 Å². The van der Waals surface area contributed by atoms with Crippen LogP contribution in [0, 0.1) is 0 Å². The first kappa shape index (κ1) is 10.5. The highest BCUT2D eigenvalue weighted by molar-refractivity contribution is 6.00. The minimum absolute atomic E-state index is 0.0112. The topological polar surface area (TPSA) is 83.4 Å². The van der Waals surface area contributed by atoms with Gasteiger partial charge in [0.15, 0.2) is 5.82 Å². The first-order chi connectivity index (χ1) is 7.61. The second-order valence-corrected chi connectivity index (χ2v) is 3.69. The lowest BCUT2D eigenvalue weighted by Crippen LogP contribution is -2.33. The molecule has 1 saturated carbocycles. The number of aromatic carboxylic acids is 1. The van der Waals surface area contributed by atoms with Crippen molar-refractivity contribution in [2.24, 2.45) is 0 Å². The number of amides is 1. The fourth-order valence-electron chi connectivity index (χ4n) is 1.58. The van der Waals surface area contributed by atoms with E-state index in [0.717, 1.165) is 12.8 Å². The number of hydrogen-bond donors (Lipinski definition) is 1. The lowest BCUT2D eigenvalue weighted by atomic mass is 10.2. The molecule has 1 amide bonds. The largest absolute Gasteiger partial charge is 0.478 e. The van der Waals surface area contributed by atoms with Crippen molar-refractivity contribution >= 4 is 17.7 Å². The van der Waals surface area contributed by atoms with E-state index in [4.69, 9.17) is 5.11 Å². The molecule has 0 unspecified atom stereocenters. The van der Waals surface area contributed by atoms with E-state index in [2.05, 4.69) is 10.2 Å². The number of rotatable bonds is 3. The van der Waals surface area contributed by atoms with Gasteiger partial charge < -0.3 is 5.11 Å². The molecule has 2 rings (SSSR count). The first-order valence-corrected chi connectivity index (χ1v) is 4.96. The molecular weight excluding hydrogens is 210 g/mol. The molecule has 6 nitrogen and oxygen atoms in total. The Hall–Kier alpha value is -1.98. The molecule has 1 aromatic heterocycles. The number of carboxylic acid groups (broad SMARTS) is 1. The van der Waals surface area contributed by atoms with Crippen molar-refractivity contribution in [3.63, 3.8) is 0 Å². The number of anilines is 1. The Morgan fingerprint density at radius 3 is 2.69 bits per heavy atom. The van der Waals surface area contributed by atoms with Crippen LogP contribution in [-0.4, -0.2) is 33.2 Å². The van der Waals surface area contributed by atoms with Gasteiger partial charge in [-0.15, -0.1) is 5.10 Å². The van der Waals surface area contributed by atoms with Crippen LogP contribution in [0.3, 0.4) is 0 Å². The van der Waals surface area contributed by atoms with Crippen molar-refractivity contribution < 1.29 is 14.7 Å². The summed E-state index contributed by atoms with van der Waals surface area (Å²) in [4.78, 5) is 23.9. The van der Waals surface area contributed by atoms with Crippen LogP contribution in [0.5, 0.6) is 0 Å². The fourth-order valence-corrected chi connectivity index (χ4v) is 1.58. The van der Waals surface area contributed by atoms with Crippen LogP contribution >= 0.6 is 0 Å². The predicted octanol–water partition coefficient (Wildman–Crippen LogP) is 0.690. The molecule has 1 aliphatic rings. The molecule has 0 aliphatic heterocycles. The van der Waals surface area contributed by atoms with Crippen LogP contribution in [-0.2, 0) is 4.79 Å². The van der Waals surface area contributed by atoms with Gasteiger partial charge in [-0.1, -0.05) is 0 Å². The summed E-state index contributed by atoms with van der Waals surface area (Å²) in [6.45, 7) is 1.40. The molecular formula is C10H11N3O3. The normalized spacial score (nSPS) is 14.6. The highest BCUT2D eigenvalue weighted by atomic mass is 16.4. The monoisotopic (exact) mass is 221 g/mol. The van der Waals surface area contributed by atoms with E-state index in [-0.39, 0.29) is 23.3 Å². The van der Waals surface area contributed by atoms with Crippen molar-refractivity contribution in [1.29, 1.82) is 0 Å². The lowest BCUT2D eigenvalue weighted by molar-refractivity contribution is -0.116. The standard InChI is InChI=1S/C10H11N3O3/c1-6(14)13(7-2-3-7)9-8(10(15)16)4-5-11-12-9/h4-5,7H,2-3H2,1H3,(H,15,16). The minimum atomic E-state index is -1.10. The molecule has 84 valence electrons. The van der Waals surface area contributed by atoms with E-state index in [0.29, 0.717) is 0 Å². The van der Waals surface area contributed by atoms with Crippen LogP contribution in [0.4, 0.5) is 5.82 Å². The molecule has 1 fully saturated rings. The third kappa shape index (κ3) is 1.86. The highest BCUT2D eigenvalue weighted by Crippen LogP contribution is 2.32. The molecule has 1 N–H and O–H groups in total. The summed E-state index contributed by atoms with van der Waals surface area (Å²) in [6.07, 6.45) is 3.07. The summed E-state index contributed by atoms with van der Waals surface area (Å²) < 4.78 is 0. The number of carboxylic acids is 1. The van der Waals surface area contributed by atoms with Crippen LogP contribution in [0.1, 0.15) is 30.1 Å². The van der Waals surface area contributed by atoms with Crippen molar-refractivity contribution in [1.82, 2.24) is 10.2 Å². The zero-order valence-corrected chi connectivity index (χ0v) is 8.75. The number of aromatic nitrogens is 2. The zero-order valence-electron chi connectivity index (χ0n) is 8.75. The Labute approximate surface area is 91.9 Å². The highest BCUT2D eigenvalue weighted by Gasteiger charge is 2.35. The molecule has 1 aromatic rings. The molecule has 0 radical (unpaired) electrons. The number of nitrogens with zero attached hydrogens (tertiary/aromatic N) is 3. The summed E-state index contributed by atoms with van der Waals surface area (Å²) >= 11 is 0. The van der Waals surface area contributed by atoms with Gasteiger partial charge in [0.25, 0.3) is 0 Å². The van der Waals surface area contributed by atoms with Crippen molar-refractivity contribution in [2.45, 2.75) is 25.8 Å². The second kappa shape index (κ2) is 3.88. The smallest absolute Gasteiger partial charge is 0.339 e. The van der Waals surface area contributed by atoms with Crippen LogP contribution in [0.25, 0.3) is 0 Å². The lowest BCUT2D eigenvalue weighted by Gasteiger charge is -2.20. The Balaban J connectivity index is 2.44. The van der Waals surface area contributed by atoms with Gasteiger partial charge >= 0.3 is 5.97 Å². The summed E-state index contributed by atoms with van der Waals surface area (Å²) in [6, 6.07) is 1.43. The van der Waals surface area contributed by atoms with Gasteiger partial charge in [-0.05, 0) is 18.9 Å². The van der Waals surface area contributed by atoms with Crippen LogP contribution in [0.2, 0.25) is 0 Å². The van der Waals surface area contributed by atoms with E-state index < -0.39 is 5.97 Å². The van der Waals surface area contributed by atoms with E-state index >= 15 is 0 Å². The van der Waals surface area contributed by atoms with Gasteiger partial charge in [-0.2, -0.15) is 5.10 Å². The summed E-state index contributed by atoms with van der Waals surface area (Å²) in [7, 11) is 0. The summed E-state index contributed by atoms with van der Waals surface area (Å²) in [5, 5.41) is 16.4. The molecule has 0 atom stereocenters. The average Bonchev–Trinajstić information content (AvgIpc) is 3.02. The Morgan fingerprint density at radius 1 is 1.50 bits per heavy atom. The summed E-state index contributed by atoms with van der Waals surface area (Å²) in [5.74, 6) is -1.16. The van der Waals surface area contributed by atoms with Gasteiger partial charge in [0.2, 0.25) is 5.91 Å². The Bertz CT molecular complexity index is 443. The van der Waals surface area contributed by atoms with Gasteiger partial charge in [0.1, 0.15) is 5.56 Å². The molecule has 6 heteroatoms. The van der Waals surface area contributed by atoms with Gasteiger partial charge in [-0.25, -0.2) is 4.79 Å². The maximum absolute atomic E-state index is 11.5. The van der Waals surface area contributed by atoms with Crippen LogP contribution in [0.15, 0.2) is 12.3 Å². The van der Waals surface area contributed by atoms with E-state index in [1.807, 2.05) is 0 Å². The van der Waals surface area contributed by atoms with Gasteiger partial charge in [-0.3, -0.25) is 9.69 Å². The SMILES string of the molecule is CC(=O)N(c1nnccc1C(=O)O)C1CC1. The number of carbonyl (C=O) groups excluding carboxylic acids is 1. The molecule has 0 aromatic carbocycles. The van der Waals surface area contributed by atoms with E-state index in [9.17, 15) is 9.59 Å². The van der Waals surface area contributed by atoms with E-state index in [1.54, 1.807) is 0 Å². The first-order valence-electron chi connectivity index (χ1n) is 4.96. The maximum atomic E-state index is 11.5. The molecule has 0 spiro atoms. The molecule has 0 bridgehead atoms. The molecule has 1 aliphatic carbocycles.